The molecule has 0 bridgehead atoms. The number of aryl methyl sites for hydroxylation is 1. The van der Waals surface area contributed by atoms with Crippen molar-refractivity contribution in [1.82, 2.24) is 0 Å². The summed E-state index contributed by atoms with van der Waals surface area (Å²) < 4.78 is 0. The molecule has 2 heteroatoms. The summed E-state index contributed by atoms with van der Waals surface area (Å²) >= 11 is 0. The Morgan fingerprint density at radius 3 is 2.69 bits per heavy atom. The third-order valence-electron chi connectivity index (χ3n) is 3.23. The molecule has 0 heterocycles. The Balaban J connectivity index is 2.24. The van der Waals surface area contributed by atoms with Gasteiger partial charge < -0.3 is 0 Å². The molecule has 1 aliphatic rings. The normalized spacial score (nSPS) is 16.4. The lowest BCUT2D eigenvalue weighted by atomic mass is 9.79. The summed E-state index contributed by atoms with van der Waals surface area (Å²) in [6.45, 7) is 3.88. The van der Waals surface area contributed by atoms with Crippen molar-refractivity contribution in [3.63, 3.8) is 0 Å². The maximum absolute atomic E-state index is 12.1. The standard InChI is InChI=1S/C14H17NO/c1-3-15-12-7-8-13(10(2)9-12)14(16)11-5-4-6-11/h3,7-9,11H,4-6H2,1-2H3/b15-3+. The van der Waals surface area contributed by atoms with Crippen LogP contribution in [0.4, 0.5) is 5.69 Å². The molecule has 0 aromatic heterocycles. The second-order valence-electron chi connectivity index (χ2n) is 4.38. The van der Waals surface area contributed by atoms with Gasteiger partial charge in [0.2, 0.25) is 0 Å². The second kappa shape index (κ2) is 4.60. The summed E-state index contributed by atoms with van der Waals surface area (Å²) in [6.07, 6.45) is 5.09. The van der Waals surface area contributed by atoms with Gasteiger partial charge in [0.15, 0.2) is 5.78 Å². The minimum absolute atomic E-state index is 0.277. The molecule has 1 aromatic carbocycles. The number of hydrogen-bond acceptors (Lipinski definition) is 2. The van der Waals surface area contributed by atoms with Crippen molar-refractivity contribution >= 4 is 17.7 Å². The van der Waals surface area contributed by atoms with E-state index in [1.165, 1.54) is 6.42 Å². The molecule has 1 aliphatic carbocycles. The van der Waals surface area contributed by atoms with E-state index in [2.05, 4.69) is 4.99 Å². The molecule has 1 fully saturated rings. The molecule has 0 amide bonds. The molecule has 0 aliphatic heterocycles. The van der Waals surface area contributed by atoms with Crippen LogP contribution in [0.3, 0.4) is 0 Å². The van der Waals surface area contributed by atoms with E-state index in [9.17, 15) is 4.79 Å². The van der Waals surface area contributed by atoms with Gasteiger partial charge in [-0.25, -0.2) is 0 Å². The first kappa shape index (κ1) is 11.1. The Labute approximate surface area is 96.4 Å². The summed E-state index contributed by atoms with van der Waals surface area (Å²) in [5.74, 6) is 0.593. The van der Waals surface area contributed by atoms with Gasteiger partial charge in [0.05, 0.1) is 5.69 Å². The molecule has 0 atom stereocenters. The smallest absolute Gasteiger partial charge is 0.166 e. The van der Waals surface area contributed by atoms with Crippen LogP contribution in [0.2, 0.25) is 0 Å². The van der Waals surface area contributed by atoms with E-state index in [-0.39, 0.29) is 5.92 Å². The fourth-order valence-corrected chi connectivity index (χ4v) is 2.04. The van der Waals surface area contributed by atoms with Crippen molar-refractivity contribution in [2.24, 2.45) is 10.9 Å². The highest BCUT2D eigenvalue weighted by atomic mass is 16.1. The largest absolute Gasteiger partial charge is 0.294 e. The molecule has 2 nitrogen and oxygen atoms in total. The zero-order valence-electron chi connectivity index (χ0n) is 9.86. The minimum Gasteiger partial charge on any atom is -0.294 e. The van der Waals surface area contributed by atoms with Crippen molar-refractivity contribution in [1.29, 1.82) is 0 Å². The monoisotopic (exact) mass is 215 g/mol. The van der Waals surface area contributed by atoms with Gasteiger partial charge in [-0.05, 0) is 50.5 Å². The molecule has 84 valence electrons. The van der Waals surface area contributed by atoms with Crippen LogP contribution in [0.25, 0.3) is 0 Å². The molecule has 0 N–H and O–H groups in total. The van der Waals surface area contributed by atoms with Crippen LogP contribution in [0, 0.1) is 12.8 Å². The lowest BCUT2D eigenvalue weighted by molar-refractivity contribution is 0.0854. The average Bonchev–Trinajstić information content (AvgIpc) is 2.15. The van der Waals surface area contributed by atoms with Gasteiger partial charge in [0.1, 0.15) is 0 Å². The predicted octanol–water partition coefficient (Wildman–Crippen LogP) is 3.70. The van der Waals surface area contributed by atoms with Crippen molar-refractivity contribution in [3.8, 4) is 0 Å². The third-order valence-corrected chi connectivity index (χ3v) is 3.23. The first-order valence-electron chi connectivity index (χ1n) is 5.86. The van der Waals surface area contributed by atoms with E-state index in [1.807, 2.05) is 32.0 Å². The summed E-state index contributed by atoms with van der Waals surface area (Å²) in [5.41, 5.74) is 2.84. The van der Waals surface area contributed by atoms with Crippen molar-refractivity contribution in [3.05, 3.63) is 29.3 Å². The van der Waals surface area contributed by atoms with Crippen molar-refractivity contribution < 1.29 is 4.79 Å². The van der Waals surface area contributed by atoms with Gasteiger partial charge in [0.25, 0.3) is 0 Å². The van der Waals surface area contributed by atoms with E-state index >= 15 is 0 Å². The van der Waals surface area contributed by atoms with E-state index in [1.54, 1.807) is 6.21 Å². The third kappa shape index (κ3) is 2.06. The number of rotatable bonds is 3. The van der Waals surface area contributed by atoms with Gasteiger partial charge in [-0.2, -0.15) is 0 Å². The van der Waals surface area contributed by atoms with Gasteiger partial charge in [-0.1, -0.05) is 6.42 Å². The molecule has 0 spiro atoms. The predicted molar refractivity (Wildman–Crippen MR) is 66.7 cm³/mol. The quantitative estimate of drug-likeness (QED) is 0.558. The Hall–Kier alpha value is -1.44. The number of Topliss-reactive ketones (excluding diaryl/α,β-unsaturated/α-hetero) is 1. The molecule has 0 radical (unpaired) electrons. The lowest BCUT2D eigenvalue weighted by Crippen LogP contribution is -2.22. The molecule has 1 aromatic rings. The Morgan fingerprint density at radius 2 is 2.19 bits per heavy atom. The van der Waals surface area contributed by atoms with Crippen LogP contribution in [0.1, 0.15) is 42.1 Å². The number of nitrogens with zero attached hydrogens (tertiary/aromatic N) is 1. The number of carbonyl (C=O) groups excluding carboxylic acids is 1. The van der Waals surface area contributed by atoms with Crippen LogP contribution in [-0.2, 0) is 0 Å². The fraction of sp³-hybridized carbons (Fsp3) is 0.429. The molecule has 1 saturated carbocycles. The highest BCUT2D eigenvalue weighted by Crippen LogP contribution is 2.31. The topological polar surface area (TPSA) is 29.4 Å². The fourth-order valence-electron chi connectivity index (χ4n) is 2.04. The SMILES string of the molecule is C/C=N/c1ccc(C(=O)C2CCC2)c(C)c1. The van der Waals surface area contributed by atoms with Crippen LogP contribution in [0.5, 0.6) is 0 Å². The van der Waals surface area contributed by atoms with Crippen molar-refractivity contribution in [2.75, 3.05) is 0 Å². The summed E-state index contributed by atoms with van der Waals surface area (Å²) in [7, 11) is 0. The Morgan fingerprint density at radius 1 is 1.44 bits per heavy atom. The first-order chi connectivity index (χ1) is 7.72. The van der Waals surface area contributed by atoms with Gasteiger partial charge in [0, 0.05) is 17.7 Å². The number of benzene rings is 1. The maximum atomic E-state index is 12.1. The van der Waals surface area contributed by atoms with Gasteiger partial charge in [-0.15, -0.1) is 0 Å². The van der Waals surface area contributed by atoms with E-state index in [0.717, 1.165) is 29.7 Å². The van der Waals surface area contributed by atoms with Crippen LogP contribution in [0.15, 0.2) is 23.2 Å². The number of ketones is 1. The first-order valence-corrected chi connectivity index (χ1v) is 5.86. The summed E-state index contributed by atoms with van der Waals surface area (Å²) in [4.78, 5) is 16.3. The lowest BCUT2D eigenvalue weighted by Gasteiger charge is -2.24. The average molecular weight is 215 g/mol. The van der Waals surface area contributed by atoms with Gasteiger partial charge in [-0.3, -0.25) is 9.79 Å². The number of carbonyl (C=O) groups is 1. The zero-order valence-corrected chi connectivity index (χ0v) is 9.86. The Kier molecular flexibility index (Phi) is 3.18. The van der Waals surface area contributed by atoms with E-state index < -0.39 is 0 Å². The molecule has 0 saturated heterocycles. The van der Waals surface area contributed by atoms with Crippen LogP contribution in [-0.4, -0.2) is 12.0 Å². The molecule has 16 heavy (non-hydrogen) atoms. The zero-order chi connectivity index (χ0) is 11.5. The second-order valence-corrected chi connectivity index (χ2v) is 4.38. The highest BCUT2D eigenvalue weighted by molar-refractivity contribution is 5.99. The van der Waals surface area contributed by atoms with Gasteiger partial charge >= 0.3 is 0 Å². The van der Waals surface area contributed by atoms with Crippen LogP contribution < -0.4 is 0 Å². The van der Waals surface area contributed by atoms with Crippen molar-refractivity contribution in [2.45, 2.75) is 33.1 Å². The molecular formula is C14H17NO. The molecule has 2 rings (SSSR count). The molecular weight excluding hydrogens is 198 g/mol. The molecule has 0 unspecified atom stereocenters. The maximum Gasteiger partial charge on any atom is 0.166 e. The van der Waals surface area contributed by atoms with Crippen LogP contribution >= 0.6 is 0 Å². The van der Waals surface area contributed by atoms with E-state index in [0.29, 0.717) is 5.78 Å². The number of hydrogen-bond donors (Lipinski definition) is 0. The Bertz CT molecular complexity index is 430. The minimum atomic E-state index is 0.277. The number of aliphatic imine (C=N–C) groups is 1. The summed E-state index contributed by atoms with van der Waals surface area (Å²) in [5, 5.41) is 0. The van der Waals surface area contributed by atoms with E-state index in [4.69, 9.17) is 0 Å². The highest BCUT2D eigenvalue weighted by Gasteiger charge is 2.26. The summed E-state index contributed by atoms with van der Waals surface area (Å²) in [6, 6.07) is 5.81.